The highest BCUT2D eigenvalue weighted by atomic mass is 16.8. The zero-order chi connectivity index (χ0) is 81.2. The van der Waals surface area contributed by atoms with Crippen molar-refractivity contribution in [2.45, 2.75) is 230 Å². The molecule has 0 aliphatic carbocycles. The van der Waals surface area contributed by atoms with Gasteiger partial charge in [0, 0.05) is 33.4 Å². The van der Waals surface area contributed by atoms with Crippen LogP contribution in [-0.2, 0) is 87.4 Å². The van der Waals surface area contributed by atoms with Crippen LogP contribution in [0, 0.1) is 0 Å². The van der Waals surface area contributed by atoms with Crippen LogP contribution < -0.4 is 25.4 Å². The Hall–Kier alpha value is -6.39. The Morgan fingerprint density at radius 3 is 1.29 bits per heavy atom. The topological polar surface area (TPSA) is 624 Å². The lowest BCUT2D eigenvalue weighted by Crippen LogP contribution is -2.68. The number of nitrogens with one attached hydrogen (secondary N) is 3. The molecule has 41 heteroatoms. The van der Waals surface area contributed by atoms with Crippen LogP contribution >= 0.6 is 0 Å². The van der Waals surface area contributed by atoms with Crippen LogP contribution in [0.4, 0.5) is 0 Å². The molecule has 0 aromatic heterocycles. The number of carbonyl (C=O) groups is 5. The molecule has 3 amide bonds. The molecule has 0 spiro atoms. The van der Waals surface area contributed by atoms with E-state index in [4.69, 9.17) is 71.1 Å². The number of Topliss-reactive ketones (excluding diaryl/α,β-unsaturated/α-hetero) is 1. The molecule has 12 unspecified atom stereocenters. The molecule has 6 fully saturated rings. The first kappa shape index (κ1) is 89.5. The summed E-state index contributed by atoms with van der Waals surface area (Å²) in [6.45, 7) is -4.10. The van der Waals surface area contributed by atoms with E-state index in [9.17, 15) is 116 Å². The number of hydrogen-bond acceptors (Lipinski definition) is 38. The zero-order valence-electron chi connectivity index (χ0n) is 60.8. The quantitative estimate of drug-likeness (QED) is 0.0188. The van der Waals surface area contributed by atoms with Gasteiger partial charge < -0.3 is 179 Å². The third-order valence-corrected chi connectivity index (χ3v) is 19.3. The minimum atomic E-state index is -2.03. The van der Waals surface area contributed by atoms with Crippen molar-refractivity contribution >= 4 is 29.5 Å². The smallest absolute Gasteiger partial charge is 0.338 e. The Kier molecular flexibility index (Phi) is 34.0. The number of esters is 1. The molecule has 3 aromatic carbocycles. The van der Waals surface area contributed by atoms with E-state index in [1.165, 1.54) is 6.07 Å². The Morgan fingerprint density at radius 2 is 0.830 bits per heavy atom. The molecule has 0 radical (unpaired) electrons. The Labute approximate surface area is 639 Å². The lowest BCUT2D eigenvalue weighted by molar-refractivity contribution is -0.376. The minimum absolute atomic E-state index is 0.0201. The summed E-state index contributed by atoms with van der Waals surface area (Å²) in [5.41, 5.74) is 1.80. The van der Waals surface area contributed by atoms with Gasteiger partial charge >= 0.3 is 5.97 Å². The number of aliphatic hydroxyl groups is 18. The lowest BCUT2D eigenvalue weighted by atomic mass is 9.95. The van der Waals surface area contributed by atoms with Crippen LogP contribution in [0.25, 0.3) is 11.1 Å². The van der Waals surface area contributed by atoms with Gasteiger partial charge in [0.2, 0.25) is 11.8 Å². The maximum atomic E-state index is 13.6. The number of ether oxygens (including phenoxy) is 15. The number of aliphatic hydroxyl groups excluding tert-OH is 18. The van der Waals surface area contributed by atoms with E-state index >= 15 is 0 Å². The monoisotopic (exact) mass is 1600 g/mol. The standard InChI is InChI=1S/C71H101N3O38/c1-31(81)73-47-53(89)61(109-70-59(95)63(51(87)42(24-77)105-70)111-68-57(93)55(91)49(85)40(22-75)103-68)44(26-79)107-66(47)98-17-7-6-11-37(83)29-100-39-20-35(19-36(21-39)65(97)102-28-33-9-4-3-5-10-33)34-12-14-38(15-13-34)101-30-46(84)72-16-8-18-99-67-48(74-32(2)82)54(90)62(45(27-80)108-67)110-71-60(96)64(52(88)43(25-78)106-71)112-69-58(94)56(92)50(86)41(23-76)104-69/h3-5,9-10,12-15,19-21,40-45,47-64,66-71,75-80,85-96H,6-8,11,16-18,22-30H2,1-2H3,(H,72,84)(H,73,81)(H,74,82)/t40?,41?,42?,43?,44?,45?,47?,48?,49-,50-,51-,52-,53+,54+,55-,56-,57?,58?,59?,60?,61+,62+,63-,64-,66+,67+,68+,69+,70-,71-/m0/s1. The zero-order valence-corrected chi connectivity index (χ0v) is 60.8. The minimum Gasteiger partial charge on any atom is -0.486 e. The van der Waals surface area contributed by atoms with Crippen molar-refractivity contribution in [1.82, 2.24) is 16.0 Å². The van der Waals surface area contributed by atoms with Gasteiger partial charge in [0.25, 0.3) is 5.91 Å². The first-order valence-corrected chi connectivity index (χ1v) is 36.3. The average Bonchev–Trinajstić information content (AvgIpc) is 0.777. The summed E-state index contributed by atoms with van der Waals surface area (Å²) >= 11 is 0. The summed E-state index contributed by atoms with van der Waals surface area (Å²) in [6.07, 6.45) is -48.3. The SMILES string of the molecule is CC(=O)NC1[C@H](OCCCCC(=O)COc2cc(C(=O)OCc3ccccc3)cc(-c3ccc(OCC(=O)NCCCO[C@@H]4OC(CO)[C@@H](O[C@@H]5OC(CO)[C@H](O)[C@H](O[C@H]6OC(CO)[C@H](O)[C@H](O)C6O)C5O)[C@H](O)C4NC(C)=O)cc3)c2)OC(CO)[C@@H](O[C@@H]2OC(CO)[C@H](O)[C@H](O[C@H]3OC(CO)[C@H](O)[C@H](O)C3O)C2O)[C@@H]1O. The van der Waals surface area contributed by atoms with Gasteiger partial charge in [-0.1, -0.05) is 42.5 Å². The molecule has 6 heterocycles. The van der Waals surface area contributed by atoms with Crippen LogP contribution in [0.1, 0.15) is 55.5 Å². The third kappa shape index (κ3) is 22.8. The van der Waals surface area contributed by atoms with E-state index in [0.717, 1.165) is 13.8 Å². The molecule has 9 rings (SSSR count). The van der Waals surface area contributed by atoms with Crippen LogP contribution in [0.3, 0.4) is 0 Å². The molecule has 6 aliphatic heterocycles. The Bertz CT molecular complexity index is 3430. The van der Waals surface area contributed by atoms with Gasteiger partial charge in [-0.05, 0) is 66.3 Å². The molecule has 21 N–H and O–H groups in total. The van der Waals surface area contributed by atoms with Crippen molar-refractivity contribution in [3.63, 3.8) is 0 Å². The van der Waals surface area contributed by atoms with Gasteiger partial charge in [0.1, 0.15) is 171 Å². The van der Waals surface area contributed by atoms with Crippen LogP contribution in [0.2, 0.25) is 0 Å². The fourth-order valence-corrected chi connectivity index (χ4v) is 13.2. The van der Waals surface area contributed by atoms with Crippen LogP contribution in [0.15, 0.2) is 72.8 Å². The van der Waals surface area contributed by atoms with Gasteiger partial charge in [0.15, 0.2) is 50.1 Å². The summed E-state index contributed by atoms with van der Waals surface area (Å²) in [7, 11) is 0. The highest BCUT2D eigenvalue weighted by Gasteiger charge is 2.57. The van der Waals surface area contributed by atoms with Crippen molar-refractivity contribution < 1.29 is 187 Å². The number of ketones is 1. The summed E-state index contributed by atoms with van der Waals surface area (Å²) in [5, 5.41) is 198. The lowest BCUT2D eigenvalue weighted by Gasteiger charge is -2.48. The molecule has 3 aromatic rings. The van der Waals surface area contributed by atoms with Crippen molar-refractivity contribution in [2.24, 2.45) is 0 Å². The highest BCUT2D eigenvalue weighted by molar-refractivity contribution is 5.92. The van der Waals surface area contributed by atoms with Crippen LogP contribution in [-0.4, -0.2) is 378 Å². The van der Waals surface area contributed by atoms with Crippen LogP contribution in [0.5, 0.6) is 11.5 Å². The number of hydrogen-bond donors (Lipinski definition) is 21. The van der Waals surface area contributed by atoms with Gasteiger partial charge in [-0.25, -0.2) is 4.79 Å². The van der Waals surface area contributed by atoms with Gasteiger partial charge in [-0.15, -0.1) is 0 Å². The molecule has 30 atom stereocenters. The van der Waals surface area contributed by atoms with E-state index in [1.807, 2.05) is 0 Å². The molecule has 0 saturated carbocycles. The molecular weight excluding hydrogens is 1500 g/mol. The second-order valence-corrected chi connectivity index (χ2v) is 27.4. The highest BCUT2D eigenvalue weighted by Crippen LogP contribution is 2.37. The fourth-order valence-electron chi connectivity index (χ4n) is 13.2. The average molecular weight is 1600 g/mol. The van der Waals surface area contributed by atoms with Crippen molar-refractivity contribution in [3.05, 3.63) is 83.9 Å². The summed E-state index contributed by atoms with van der Waals surface area (Å²) < 4.78 is 86.1. The third-order valence-electron chi connectivity index (χ3n) is 19.3. The Morgan fingerprint density at radius 1 is 0.402 bits per heavy atom. The first-order chi connectivity index (χ1) is 53.6. The van der Waals surface area contributed by atoms with E-state index in [1.54, 1.807) is 66.7 Å². The molecule has 6 saturated heterocycles. The van der Waals surface area contributed by atoms with Gasteiger partial charge in [0.05, 0.1) is 51.8 Å². The maximum absolute atomic E-state index is 13.6. The van der Waals surface area contributed by atoms with Crippen molar-refractivity contribution in [2.75, 3.05) is 72.6 Å². The number of benzene rings is 3. The molecule has 112 heavy (non-hydrogen) atoms. The summed E-state index contributed by atoms with van der Waals surface area (Å²) in [6, 6.07) is 17.1. The van der Waals surface area contributed by atoms with Crippen molar-refractivity contribution in [3.8, 4) is 22.6 Å². The van der Waals surface area contributed by atoms with Gasteiger partial charge in [-0.2, -0.15) is 0 Å². The van der Waals surface area contributed by atoms with E-state index in [0.29, 0.717) is 16.7 Å². The van der Waals surface area contributed by atoms with E-state index in [-0.39, 0.29) is 74.9 Å². The molecule has 628 valence electrons. The fraction of sp³-hybridized carbons (Fsp3) is 0.676. The molecule has 41 nitrogen and oxygen atoms in total. The first-order valence-electron chi connectivity index (χ1n) is 36.3. The summed E-state index contributed by atoms with van der Waals surface area (Å²) in [5.74, 6) is -2.56. The normalized spacial score (nSPS) is 36.2. The molecule has 0 bridgehead atoms. The van der Waals surface area contributed by atoms with Crippen molar-refractivity contribution in [1.29, 1.82) is 0 Å². The number of amides is 3. The molecule has 6 aliphatic rings. The second kappa shape index (κ2) is 42.5. The maximum Gasteiger partial charge on any atom is 0.338 e. The van der Waals surface area contributed by atoms with Gasteiger partial charge in [-0.3, -0.25) is 19.2 Å². The number of carbonyl (C=O) groups excluding carboxylic acids is 5. The molecular formula is C71H101N3O38. The van der Waals surface area contributed by atoms with E-state index in [2.05, 4.69) is 16.0 Å². The van der Waals surface area contributed by atoms with E-state index < -0.39 is 261 Å². The predicted octanol–water partition coefficient (Wildman–Crippen LogP) is -9.07. The predicted molar refractivity (Wildman–Crippen MR) is 368 cm³/mol. The Balaban J connectivity index is 0.739. The summed E-state index contributed by atoms with van der Waals surface area (Å²) in [4.78, 5) is 64.9. The number of unbranched alkanes of at least 4 members (excludes halogenated alkanes) is 1. The number of rotatable bonds is 37. The largest absolute Gasteiger partial charge is 0.486 e. The second-order valence-electron chi connectivity index (χ2n) is 27.4.